The Morgan fingerprint density at radius 1 is 1.39 bits per heavy atom. The highest BCUT2D eigenvalue weighted by atomic mass is 32.2. The molecular formula is C14H18N2OS. The number of hydrogen-bond donors (Lipinski definition) is 1. The number of rotatable bonds is 3. The minimum atomic E-state index is 0.253. The Bertz CT molecular complexity index is 443. The maximum absolute atomic E-state index is 11.7. The molecule has 1 N–H and O–H groups in total. The van der Waals surface area contributed by atoms with Gasteiger partial charge in [0.05, 0.1) is 0 Å². The number of hydrogen-bond acceptors (Lipinski definition) is 3. The average molecular weight is 262 g/mol. The Kier molecular flexibility index (Phi) is 3.46. The molecule has 0 spiro atoms. The number of thioether (sulfide) groups is 1. The topological polar surface area (TPSA) is 32.3 Å². The molecule has 0 bridgehead atoms. The predicted molar refractivity (Wildman–Crippen MR) is 77.4 cm³/mol. The molecule has 4 heteroatoms. The molecule has 0 saturated carbocycles. The summed E-state index contributed by atoms with van der Waals surface area (Å²) in [4.78, 5) is 13.6. The summed E-state index contributed by atoms with van der Waals surface area (Å²) < 4.78 is 0. The zero-order chi connectivity index (χ0) is 12.4. The highest BCUT2D eigenvalue weighted by Crippen LogP contribution is 2.26. The van der Waals surface area contributed by atoms with E-state index in [0.717, 1.165) is 24.3 Å². The Morgan fingerprint density at radius 2 is 2.33 bits per heavy atom. The molecule has 2 heterocycles. The van der Waals surface area contributed by atoms with Gasteiger partial charge in [0.25, 0.3) is 0 Å². The second kappa shape index (κ2) is 5.22. The molecule has 3 nitrogen and oxygen atoms in total. The van der Waals surface area contributed by atoms with E-state index >= 15 is 0 Å². The van der Waals surface area contributed by atoms with Crippen molar-refractivity contribution in [3.05, 3.63) is 24.3 Å². The van der Waals surface area contributed by atoms with Gasteiger partial charge in [0.2, 0.25) is 5.91 Å². The Morgan fingerprint density at radius 3 is 3.06 bits per heavy atom. The molecule has 1 amide bonds. The van der Waals surface area contributed by atoms with Crippen LogP contribution in [0.2, 0.25) is 0 Å². The molecule has 2 saturated heterocycles. The molecule has 1 unspecified atom stereocenters. The second-order valence-electron chi connectivity index (χ2n) is 4.90. The fourth-order valence-corrected chi connectivity index (χ4v) is 3.72. The van der Waals surface area contributed by atoms with Crippen LogP contribution >= 0.6 is 11.8 Å². The van der Waals surface area contributed by atoms with E-state index in [-0.39, 0.29) is 5.91 Å². The van der Waals surface area contributed by atoms with E-state index < -0.39 is 0 Å². The largest absolute Gasteiger partial charge is 0.381 e. The first kappa shape index (κ1) is 11.9. The van der Waals surface area contributed by atoms with E-state index in [0.29, 0.717) is 12.5 Å². The maximum Gasteiger partial charge on any atom is 0.227 e. The highest BCUT2D eigenvalue weighted by Gasteiger charge is 2.22. The van der Waals surface area contributed by atoms with Gasteiger partial charge >= 0.3 is 0 Å². The summed E-state index contributed by atoms with van der Waals surface area (Å²) in [6.07, 6.45) is 2.91. The van der Waals surface area contributed by atoms with Crippen molar-refractivity contribution in [3.63, 3.8) is 0 Å². The SMILES string of the molecule is O=C1CCCN1c1cccc(NC2CCSC2)c1. The molecule has 1 aromatic rings. The minimum absolute atomic E-state index is 0.253. The fraction of sp³-hybridized carbons (Fsp3) is 0.500. The number of carbonyl (C=O) groups excluding carboxylic acids is 1. The molecule has 2 aliphatic rings. The number of amides is 1. The third kappa shape index (κ3) is 2.48. The van der Waals surface area contributed by atoms with Gasteiger partial charge in [-0.25, -0.2) is 0 Å². The summed E-state index contributed by atoms with van der Waals surface area (Å²) >= 11 is 2.00. The molecular weight excluding hydrogens is 244 g/mol. The summed E-state index contributed by atoms with van der Waals surface area (Å²) in [5.41, 5.74) is 2.17. The molecule has 0 aromatic heterocycles. The van der Waals surface area contributed by atoms with Gasteiger partial charge in [-0.1, -0.05) is 6.07 Å². The van der Waals surface area contributed by atoms with Crippen molar-refractivity contribution in [1.29, 1.82) is 0 Å². The minimum Gasteiger partial charge on any atom is -0.381 e. The third-order valence-electron chi connectivity index (χ3n) is 3.53. The van der Waals surface area contributed by atoms with Crippen LogP contribution in [0.4, 0.5) is 11.4 Å². The molecule has 0 radical (unpaired) electrons. The molecule has 0 aliphatic carbocycles. The van der Waals surface area contributed by atoms with Crippen molar-refractivity contribution in [3.8, 4) is 0 Å². The smallest absolute Gasteiger partial charge is 0.227 e. The van der Waals surface area contributed by atoms with Gasteiger partial charge in [0.15, 0.2) is 0 Å². The van der Waals surface area contributed by atoms with Crippen LogP contribution in [-0.2, 0) is 4.79 Å². The lowest BCUT2D eigenvalue weighted by molar-refractivity contribution is -0.117. The van der Waals surface area contributed by atoms with Gasteiger partial charge in [0, 0.05) is 36.1 Å². The van der Waals surface area contributed by atoms with Crippen LogP contribution in [0.25, 0.3) is 0 Å². The first-order valence-corrected chi connectivity index (χ1v) is 7.73. The summed E-state index contributed by atoms with van der Waals surface area (Å²) in [7, 11) is 0. The van der Waals surface area contributed by atoms with E-state index in [2.05, 4.69) is 17.4 Å². The van der Waals surface area contributed by atoms with E-state index in [4.69, 9.17) is 0 Å². The number of benzene rings is 1. The van der Waals surface area contributed by atoms with Crippen LogP contribution in [-0.4, -0.2) is 30.0 Å². The van der Waals surface area contributed by atoms with Gasteiger partial charge in [-0.2, -0.15) is 11.8 Å². The molecule has 1 aromatic carbocycles. The van der Waals surface area contributed by atoms with Crippen LogP contribution in [0.15, 0.2) is 24.3 Å². The van der Waals surface area contributed by atoms with Crippen LogP contribution in [0.5, 0.6) is 0 Å². The number of nitrogens with zero attached hydrogens (tertiary/aromatic N) is 1. The lowest BCUT2D eigenvalue weighted by Crippen LogP contribution is -2.24. The predicted octanol–water partition coefficient (Wildman–Crippen LogP) is 2.73. The number of anilines is 2. The Hall–Kier alpha value is -1.16. The summed E-state index contributed by atoms with van der Waals surface area (Å²) in [6.45, 7) is 0.863. The standard InChI is InChI=1S/C14H18N2OS/c17-14-5-2-7-16(14)13-4-1-3-11(9-13)15-12-6-8-18-10-12/h1,3-4,9,12,15H,2,5-8,10H2. The van der Waals surface area contributed by atoms with E-state index in [1.54, 1.807) is 0 Å². The van der Waals surface area contributed by atoms with Crippen LogP contribution in [0.3, 0.4) is 0 Å². The molecule has 18 heavy (non-hydrogen) atoms. The fourth-order valence-electron chi connectivity index (χ4n) is 2.57. The molecule has 1 atom stereocenters. The second-order valence-corrected chi connectivity index (χ2v) is 6.05. The Labute approximate surface area is 112 Å². The molecule has 96 valence electrons. The van der Waals surface area contributed by atoms with Crippen LogP contribution in [0, 0.1) is 0 Å². The Balaban J connectivity index is 1.73. The average Bonchev–Trinajstić information content (AvgIpc) is 3.01. The van der Waals surface area contributed by atoms with Crippen molar-refractivity contribution < 1.29 is 4.79 Å². The lowest BCUT2D eigenvalue weighted by atomic mass is 10.2. The van der Waals surface area contributed by atoms with Crippen molar-refractivity contribution in [1.82, 2.24) is 0 Å². The van der Waals surface area contributed by atoms with Crippen molar-refractivity contribution >= 4 is 29.0 Å². The van der Waals surface area contributed by atoms with Gasteiger partial charge in [0.1, 0.15) is 0 Å². The van der Waals surface area contributed by atoms with Gasteiger partial charge in [-0.3, -0.25) is 4.79 Å². The normalized spacial score (nSPS) is 23.7. The summed E-state index contributed by atoms with van der Waals surface area (Å²) in [6, 6.07) is 8.84. The third-order valence-corrected chi connectivity index (χ3v) is 4.69. The van der Waals surface area contributed by atoms with E-state index in [9.17, 15) is 4.79 Å². The number of carbonyl (C=O) groups is 1. The van der Waals surface area contributed by atoms with Crippen LogP contribution in [0.1, 0.15) is 19.3 Å². The maximum atomic E-state index is 11.7. The quantitative estimate of drug-likeness (QED) is 0.909. The molecule has 2 fully saturated rings. The first-order valence-electron chi connectivity index (χ1n) is 6.58. The van der Waals surface area contributed by atoms with Crippen molar-refractivity contribution in [2.24, 2.45) is 0 Å². The van der Waals surface area contributed by atoms with Crippen molar-refractivity contribution in [2.45, 2.75) is 25.3 Å². The van der Waals surface area contributed by atoms with Crippen LogP contribution < -0.4 is 10.2 Å². The van der Waals surface area contributed by atoms with E-state index in [1.807, 2.05) is 28.8 Å². The van der Waals surface area contributed by atoms with Crippen molar-refractivity contribution in [2.75, 3.05) is 28.3 Å². The monoisotopic (exact) mass is 262 g/mol. The lowest BCUT2D eigenvalue weighted by Gasteiger charge is -2.18. The zero-order valence-corrected chi connectivity index (χ0v) is 11.2. The summed E-state index contributed by atoms with van der Waals surface area (Å²) in [5.74, 6) is 2.69. The van der Waals surface area contributed by atoms with Gasteiger partial charge in [-0.15, -0.1) is 0 Å². The van der Waals surface area contributed by atoms with Gasteiger partial charge < -0.3 is 10.2 Å². The van der Waals surface area contributed by atoms with Gasteiger partial charge in [-0.05, 0) is 36.8 Å². The highest BCUT2D eigenvalue weighted by molar-refractivity contribution is 7.99. The first-order chi connectivity index (χ1) is 8.83. The molecule has 3 rings (SSSR count). The summed E-state index contributed by atoms with van der Waals surface area (Å²) in [5, 5.41) is 3.56. The van der Waals surface area contributed by atoms with E-state index in [1.165, 1.54) is 17.9 Å². The zero-order valence-electron chi connectivity index (χ0n) is 10.4. The number of nitrogens with one attached hydrogen (secondary N) is 1. The molecule has 2 aliphatic heterocycles.